The number of halogens is 1. The number of carbonyl (C=O) groups is 1. The summed E-state index contributed by atoms with van der Waals surface area (Å²) < 4.78 is 21.3. The van der Waals surface area contributed by atoms with Crippen LogP contribution in [0.5, 0.6) is 5.88 Å². The second kappa shape index (κ2) is 8.48. The Morgan fingerprint density at radius 2 is 1.76 bits per heavy atom. The number of likely N-dealkylation sites (tertiary alicyclic amines) is 1. The summed E-state index contributed by atoms with van der Waals surface area (Å²) in [5.41, 5.74) is 8.59. The number of benzene rings is 1. The number of hydrogen-bond acceptors (Lipinski definition) is 7. The molecule has 190 valence electrons. The van der Waals surface area contributed by atoms with Crippen LogP contribution in [0.3, 0.4) is 0 Å². The SMILES string of the molecule is Cn1nc(-n2nccn2)cc1C(=O)N1C[C@@H]2C(Oc3cc(C(C)(C)N)cc(-c4ccc(F)cc4)n3)[C@@H]2C1. The first-order valence-corrected chi connectivity index (χ1v) is 12.1. The van der Waals surface area contributed by atoms with Crippen molar-refractivity contribution in [1.82, 2.24) is 34.7 Å². The number of hydrogen-bond donors (Lipinski definition) is 1. The van der Waals surface area contributed by atoms with Crippen LogP contribution >= 0.6 is 0 Å². The highest BCUT2D eigenvalue weighted by molar-refractivity contribution is 5.93. The van der Waals surface area contributed by atoms with Crippen molar-refractivity contribution < 1.29 is 13.9 Å². The molecule has 2 aliphatic rings. The molecule has 1 aromatic carbocycles. The van der Waals surface area contributed by atoms with Gasteiger partial charge in [0, 0.05) is 55.2 Å². The number of fused-ring (bicyclic) bond motifs is 1. The van der Waals surface area contributed by atoms with Crippen LogP contribution in [0.2, 0.25) is 0 Å². The van der Waals surface area contributed by atoms with Crippen molar-refractivity contribution in [3.8, 4) is 23.0 Å². The van der Waals surface area contributed by atoms with Gasteiger partial charge in [-0.15, -0.1) is 4.80 Å². The van der Waals surface area contributed by atoms with Gasteiger partial charge >= 0.3 is 0 Å². The third-order valence-electron chi connectivity index (χ3n) is 7.06. The lowest BCUT2D eigenvalue weighted by molar-refractivity contribution is 0.0740. The minimum Gasteiger partial charge on any atom is -0.474 e. The summed E-state index contributed by atoms with van der Waals surface area (Å²) in [5.74, 6) is 1.05. The van der Waals surface area contributed by atoms with E-state index in [4.69, 9.17) is 10.5 Å². The van der Waals surface area contributed by atoms with Crippen molar-refractivity contribution >= 4 is 5.91 Å². The van der Waals surface area contributed by atoms with Crippen LogP contribution in [-0.4, -0.2) is 59.8 Å². The van der Waals surface area contributed by atoms with Gasteiger partial charge in [0.1, 0.15) is 17.6 Å². The predicted octanol–water partition coefficient (Wildman–Crippen LogP) is 2.55. The highest BCUT2D eigenvalue weighted by atomic mass is 19.1. The summed E-state index contributed by atoms with van der Waals surface area (Å²) in [6.45, 7) is 5.04. The average Bonchev–Trinajstić information content (AvgIpc) is 3.36. The van der Waals surface area contributed by atoms with E-state index in [9.17, 15) is 9.18 Å². The van der Waals surface area contributed by atoms with Gasteiger partial charge in [0.25, 0.3) is 5.91 Å². The molecule has 0 spiro atoms. The Balaban J connectivity index is 1.16. The van der Waals surface area contributed by atoms with Gasteiger partial charge < -0.3 is 15.4 Å². The minimum absolute atomic E-state index is 0.0240. The Morgan fingerprint density at radius 3 is 2.41 bits per heavy atom. The summed E-state index contributed by atoms with van der Waals surface area (Å²) in [6.07, 6.45) is 3.10. The number of amides is 1. The molecule has 11 heteroatoms. The van der Waals surface area contributed by atoms with Crippen LogP contribution in [0, 0.1) is 17.7 Å². The van der Waals surface area contributed by atoms with Gasteiger partial charge in [0.2, 0.25) is 5.88 Å². The van der Waals surface area contributed by atoms with E-state index in [-0.39, 0.29) is 29.7 Å². The van der Waals surface area contributed by atoms with E-state index in [2.05, 4.69) is 20.3 Å². The molecule has 1 unspecified atom stereocenters. The number of carbonyl (C=O) groups excluding carboxylic acids is 1. The van der Waals surface area contributed by atoms with Crippen LogP contribution in [0.15, 0.2) is 54.9 Å². The van der Waals surface area contributed by atoms with E-state index < -0.39 is 5.54 Å². The van der Waals surface area contributed by atoms with Gasteiger partial charge in [-0.1, -0.05) is 0 Å². The third-order valence-corrected chi connectivity index (χ3v) is 7.06. The van der Waals surface area contributed by atoms with Crippen molar-refractivity contribution in [2.45, 2.75) is 25.5 Å². The molecule has 3 aromatic heterocycles. The molecule has 1 saturated carbocycles. The van der Waals surface area contributed by atoms with E-state index >= 15 is 0 Å². The standard InChI is InChI=1S/C26H27FN8O2/c1-26(2,28)16-10-20(15-4-6-17(27)7-5-15)31-23(11-16)37-24-18-13-34(14-19(18)24)25(36)21-12-22(32-33(21)3)35-29-8-9-30-35/h4-12,18-19,24H,13-14,28H2,1-3H3/t18-,19+,24?. The Morgan fingerprint density at radius 1 is 1.08 bits per heavy atom. The Labute approximate surface area is 212 Å². The monoisotopic (exact) mass is 502 g/mol. The summed E-state index contributed by atoms with van der Waals surface area (Å²) >= 11 is 0. The molecule has 0 bridgehead atoms. The maximum atomic E-state index is 13.4. The molecular weight excluding hydrogens is 475 g/mol. The molecule has 2 fully saturated rings. The van der Waals surface area contributed by atoms with Crippen LogP contribution in [-0.2, 0) is 12.6 Å². The van der Waals surface area contributed by atoms with E-state index in [1.807, 2.05) is 30.9 Å². The zero-order valence-corrected chi connectivity index (χ0v) is 20.7. The molecule has 1 aliphatic heterocycles. The van der Waals surface area contributed by atoms with Crippen molar-refractivity contribution in [3.63, 3.8) is 0 Å². The van der Waals surface area contributed by atoms with Crippen molar-refractivity contribution in [3.05, 3.63) is 71.9 Å². The molecule has 1 saturated heterocycles. The summed E-state index contributed by atoms with van der Waals surface area (Å²) in [7, 11) is 1.74. The molecule has 6 rings (SSSR count). The molecule has 0 radical (unpaired) electrons. The highest BCUT2D eigenvalue weighted by Crippen LogP contribution is 2.48. The number of nitrogens with two attached hydrogens (primary N) is 1. The maximum Gasteiger partial charge on any atom is 0.272 e. The molecule has 1 amide bonds. The number of nitrogens with zero attached hydrogens (tertiary/aromatic N) is 7. The average molecular weight is 503 g/mol. The summed E-state index contributed by atoms with van der Waals surface area (Å²) in [5, 5.41) is 12.5. The molecule has 1 aliphatic carbocycles. The predicted molar refractivity (Wildman–Crippen MR) is 132 cm³/mol. The van der Waals surface area contributed by atoms with Crippen LogP contribution in [0.1, 0.15) is 29.9 Å². The molecule has 10 nitrogen and oxygen atoms in total. The van der Waals surface area contributed by atoms with E-state index in [0.29, 0.717) is 36.2 Å². The summed E-state index contributed by atoms with van der Waals surface area (Å²) in [6, 6.07) is 11.7. The van der Waals surface area contributed by atoms with Crippen LogP contribution in [0.25, 0.3) is 17.1 Å². The van der Waals surface area contributed by atoms with Crippen LogP contribution < -0.4 is 10.5 Å². The van der Waals surface area contributed by atoms with Crippen molar-refractivity contribution in [1.29, 1.82) is 0 Å². The number of piperidine rings is 1. The van der Waals surface area contributed by atoms with Crippen LogP contribution in [0.4, 0.5) is 4.39 Å². The van der Waals surface area contributed by atoms with Gasteiger partial charge in [-0.25, -0.2) is 9.37 Å². The Kier molecular flexibility index (Phi) is 5.34. The zero-order chi connectivity index (χ0) is 25.9. The number of ether oxygens (including phenoxy) is 1. The molecular formula is C26H27FN8O2. The number of rotatable bonds is 6. The Hall–Kier alpha value is -4.12. The highest BCUT2D eigenvalue weighted by Gasteiger charge is 2.59. The van der Waals surface area contributed by atoms with Gasteiger partial charge in [-0.05, 0) is 49.7 Å². The van der Waals surface area contributed by atoms with Crippen molar-refractivity contribution in [2.24, 2.45) is 24.6 Å². The first-order valence-electron chi connectivity index (χ1n) is 12.1. The molecule has 37 heavy (non-hydrogen) atoms. The van der Waals surface area contributed by atoms with Gasteiger partial charge in [0.15, 0.2) is 5.82 Å². The minimum atomic E-state index is -0.605. The first kappa shape index (κ1) is 23.3. The smallest absolute Gasteiger partial charge is 0.272 e. The lowest BCUT2D eigenvalue weighted by Crippen LogP contribution is -2.34. The first-order chi connectivity index (χ1) is 17.7. The largest absolute Gasteiger partial charge is 0.474 e. The fourth-order valence-corrected chi connectivity index (χ4v) is 4.90. The second-order valence-electron chi connectivity index (χ2n) is 10.3. The zero-order valence-electron chi connectivity index (χ0n) is 20.7. The topological polar surface area (TPSA) is 117 Å². The van der Waals surface area contributed by atoms with Gasteiger partial charge in [-0.2, -0.15) is 15.3 Å². The number of aryl methyl sites for hydroxylation is 1. The van der Waals surface area contributed by atoms with Gasteiger partial charge in [-0.3, -0.25) is 9.48 Å². The lowest BCUT2D eigenvalue weighted by atomic mass is 9.95. The number of pyridine rings is 1. The Bertz CT molecular complexity index is 1450. The molecule has 4 aromatic rings. The molecule has 2 N–H and O–H groups in total. The fourth-order valence-electron chi connectivity index (χ4n) is 4.90. The van der Waals surface area contributed by atoms with Gasteiger partial charge in [0.05, 0.1) is 18.1 Å². The number of aromatic nitrogens is 6. The molecule has 3 atom stereocenters. The van der Waals surface area contributed by atoms with E-state index in [0.717, 1.165) is 11.1 Å². The lowest BCUT2D eigenvalue weighted by Gasteiger charge is -2.22. The molecule has 4 heterocycles. The van der Waals surface area contributed by atoms with E-state index in [1.165, 1.54) is 16.9 Å². The quantitative estimate of drug-likeness (QED) is 0.431. The van der Waals surface area contributed by atoms with Crippen molar-refractivity contribution in [2.75, 3.05) is 13.1 Å². The third kappa shape index (κ3) is 4.35. The second-order valence-corrected chi connectivity index (χ2v) is 10.3. The fraction of sp³-hybridized carbons (Fsp3) is 0.346. The normalized spacial score (nSPS) is 20.7. The summed E-state index contributed by atoms with van der Waals surface area (Å²) in [4.78, 5) is 21.1. The maximum absolute atomic E-state index is 13.4. The van der Waals surface area contributed by atoms with E-state index in [1.54, 1.807) is 42.3 Å².